The molecule has 0 aromatic heterocycles. The first kappa shape index (κ1) is 18.1. The predicted octanol–water partition coefficient (Wildman–Crippen LogP) is 3.09. The molecular formula is C19H16N2O6. The first-order valence-electron chi connectivity index (χ1n) is 8.01. The van der Waals surface area contributed by atoms with E-state index in [0.717, 1.165) is 0 Å². The first-order valence-corrected chi connectivity index (χ1v) is 8.01. The molecule has 0 bridgehead atoms. The predicted molar refractivity (Wildman–Crippen MR) is 96.7 cm³/mol. The molecule has 1 N–H and O–H groups in total. The van der Waals surface area contributed by atoms with Gasteiger partial charge in [-0.15, -0.1) is 0 Å². The molecule has 8 nitrogen and oxygen atoms in total. The number of methoxy groups -OCH3 is 1. The molecular weight excluding hydrogens is 352 g/mol. The van der Waals surface area contributed by atoms with Crippen molar-refractivity contribution in [2.24, 2.45) is 0 Å². The van der Waals surface area contributed by atoms with E-state index in [0.29, 0.717) is 17.0 Å². The average molecular weight is 368 g/mol. The SMILES string of the molecule is COc1cccc(N2C(=O)C(O)=C(C(C)=O)[C@@H]2c2cccc([N+](=O)[O-])c2)c1. The second-order valence-electron chi connectivity index (χ2n) is 5.95. The van der Waals surface area contributed by atoms with Crippen LogP contribution in [0.4, 0.5) is 11.4 Å². The van der Waals surface area contributed by atoms with Gasteiger partial charge in [0.25, 0.3) is 11.6 Å². The van der Waals surface area contributed by atoms with Crippen LogP contribution in [-0.2, 0) is 9.59 Å². The van der Waals surface area contributed by atoms with Gasteiger partial charge in [0.2, 0.25) is 0 Å². The molecule has 8 heteroatoms. The van der Waals surface area contributed by atoms with E-state index < -0.39 is 28.4 Å². The second kappa shape index (κ2) is 6.91. The highest BCUT2D eigenvalue weighted by Gasteiger charge is 2.43. The van der Waals surface area contributed by atoms with Crippen LogP contribution in [0, 0.1) is 10.1 Å². The van der Waals surface area contributed by atoms with Crippen molar-refractivity contribution in [1.82, 2.24) is 0 Å². The summed E-state index contributed by atoms with van der Waals surface area (Å²) in [5.74, 6) is -1.44. The lowest BCUT2D eigenvalue weighted by molar-refractivity contribution is -0.384. The molecule has 0 saturated heterocycles. The number of nitro benzene ring substituents is 1. The number of amides is 1. The Kier molecular flexibility index (Phi) is 4.64. The summed E-state index contributed by atoms with van der Waals surface area (Å²) < 4.78 is 5.17. The van der Waals surface area contributed by atoms with Gasteiger partial charge in [0, 0.05) is 23.9 Å². The Morgan fingerprint density at radius 1 is 1.22 bits per heavy atom. The number of hydrogen-bond donors (Lipinski definition) is 1. The van der Waals surface area contributed by atoms with Crippen LogP contribution in [0.5, 0.6) is 5.75 Å². The monoisotopic (exact) mass is 368 g/mol. The minimum atomic E-state index is -0.984. The molecule has 2 aromatic rings. The van der Waals surface area contributed by atoms with E-state index in [-0.39, 0.29) is 11.3 Å². The maximum Gasteiger partial charge on any atom is 0.294 e. The smallest absolute Gasteiger partial charge is 0.294 e. The first-order chi connectivity index (χ1) is 12.8. The van der Waals surface area contributed by atoms with Gasteiger partial charge in [0.05, 0.1) is 23.6 Å². The highest BCUT2D eigenvalue weighted by molar-refractivity contribution is 6.16. The zero-order chi connectivity index (χ0) is 19.7. The third-order valence-electron chi connectivity index (χ3n) is 4.32. The number of rotatable bonds is 5. The molecule has 1 aliphatic heterocycles. The molecule has 2 aromatic carbocycles. The molecule has 0 fully saturated rings. The van der Waals surface area contributed by atoms with Crippen molar-refractivity contribution in [3.63, 3.8) is 0 Å². The van der Waals surface area contributed by atoms with Crippen molar-refractivity contribution in [2.45, 2.75) is 13.0 Å². The maximum atomic E-state index is 12.7. The number of nitro groups is 1. The minimum absolute atomic E-state index is 0.108. The van der Waals surface area contributed by atoms with E-state index in [1.807, 2.05) is 0 Å². The fourth-order valence-corrected chi connectivity index (χ4v) is 3.12. The number of aliphatic hydroxyl groups excluding tert-OH is 1. The number of carbonyl (C=O) groups excluding carboxylic acids is 2. The average Bonchev–Trinajstić information content (AvgIpc) is 2.93. The summed E-state index contributed by atoms with van der Waals surface area (Å²) in [6, 6.07) is 11.2. The lowest BCUT2D eigenvalue weighted by Crippen LogP contribution is -2.30. The van der Waals surface area contributed by atoms with Crippen molar-refractivity contribution in [2.75, 3.05) is 12.0 Å². The maximum absolute atomic E-state index is 12.7. The van der Waals surface area contributed by atoms with E-state index in [1.54, 1.807) is 30.3 Å². The Morgan fingerprint density at radius 3 is 2.56 bits per heavy atom. The van der Waals surface area contributed by atoms with Crippen LogP contribution >= 0.6 is 0 Å². The van der Waals surface area contributed by atoms with Crippen LogP contribution in [-0.4, -0.2) is 28.8 Å². The standard InChI is InChI=1S/C19H16N2O6/c1-11(22)16-17(12-5-3-7-14(9-12)21(25)26)20(19(24)18(16)23)13-6-4-8-15(10-13)27-2/h3-10,17,23H,1-2H3/t17-/m0/s1. The molecule has 0 aliphatic carbocycles. The fourth-order valence-electron chi connectivity index (χ4n) is 3.12. The van der Waals surface area contributed by atoms with Gasteiger partial charge in [-0.1, -0.05) is 18.2 Å². The van der Waals surface area contributed by atoms with Crippen LogP contribution < -0.4 is 9.64 Å². The van der Waals surface area contributed by atoms with Crippen LogP contribution in [0.2, 0.25) is 0 Å². The topological polar surface area (TPSA) is 110 Å². The van der Waals surface area contributed by atoms with Crippen molar-refractivity contribution >= 4 is 23.1 Å². The van der Waals surface area contributed by atoms with Gasteiger partial charge in [-0.25, -0.2) is 0 Å². The molecule has 0 spiro atoms. The lowest BCUT2D eigenvalue weighted by atomic mass is 9.96. The number of carbonyl (C=O) groups is 2. The third-order valence-corrected chi connectivity index (χ3v) is 4.32. The van der Waals surface area contributed by atoms with E-state index in [9.17, 15) is 24.8 Å². The molecule has 1 heterocycles. The van der Waals surface area contributed by atoms with Gasteiger partial charge in [0.1, 0.15) is 5.75 Å². The Labute approximate surface area is 154 Å². The molecule has 0 saturated carbocycles. The largest absolute Gasteiger partial charge is 0.503 e. The molecule has 1 aliphatic rings. The number of nitrogens with zero attached hydrogens (tertiary/aromatic N) is 2. The number of ketones is 1. The van der Waals surface area contributed by atoms with Gasteiger partial charge in [-0.3, -0.25) is 24.6 Å². The number of Topliss-reactive ketones (excluding diaryl/α,β-unsaturated/α-hetero) is 1. The summed E-state index contributed by atoms with van der Waals surface area (Å²) in [6.07, 6.45) is 0. The number of benzene rings is 2. The summed E-state index contributed by atoms with van der Waals surface area (Å²) >= 11 is 0. The van der Waals surface area contributed by atoms with E-state index in [2.05, 4.69) is 0 Å². The molecule has 0 radical (unpaired) electrons. The summed E-state index contributed by atoms with van der Waals surface area (Å²) in [5.41, 5.74) is 0.441. The van der Waals surface area contributed by atoms with Crippen molar-refractivity contribution < 1.29 is 24.4 Å². The van der Waals surface area contributed by atoms with Gasteiger partial charge >= 0.3 is 0 Å². The van der Waals surface area contributed by atoms with Crippen LogP contribution in [0.3, 0.4) is 0 Å². The highest BCUT2D eigenvalue weighted by Crippen LogP contribution is 2.42. The molecule has 1 amide bonds. The molecule has 27 heavy (non-hydrogen) atoms. The summed E-state index contributed by atoms with van der Waals surface area (Å²) in [6.45, 7) is 1.23. The van der Waals surface area contributed by atoms with Crippen molar-refractivity contribution in [1.29, 1.82) is 0 Å². The second-order valence-corrected chi connectivity index (χ2v) is 5.95. The van der Waals surface area contributed by atoms with E-state index in [4.69, 9.17) is 4.74 Å². The zero-order valence-electron chi connectivity index (χ0n) is 14.6. The summed E-state index contributed by atoms with van der Waals surface area (Å²) in [7, 11) is 1.47. The van der Waals surface area contributed by atoms with E-state index in [1.165, 1.54) is 37.1 Å². The number of non-ortho nitro benzene ring substituents is 1. The zero-order valence-corrected chi connectivity index (χ0v) is 14.6. The van der Waals surface area contributed by atoms with Crippen LogP contribution in [0.1, 0.15) is 18.5 Å². The van der Waals surface area contributed by atoms with Gasteiger partial charge < -0.3 is 9.84 Å². The quantitative estimate of drug-likeness (QED) is 0.641. The van der Waals surface area contributed by atoms with Gasteiger partial charge in [-0.05, 0) is 24.6 Å². The number of anilines is 1. The molecule has 3 rings (SSSR count). The summed E-state index contributed by atoms with van der Waals surface area (Å²) in [4.78, 5) is 36.7. The Morgan fingerprint density at radius 2 is 1.93 bits per heavy atom. The molecule has 138 valence electrons. The fraction of sp³-hybridized carbons (Fsp3) is 0.158. The van der Waals surface area contributed by atoms with Crippen molar-refractivity contribution in [3.8, 4) is 5.75 Å². The molecule has 1 atom stereocenters. The Hall–Kier alpha value is -3.68. The number of aliphatic hydroxyl groups is 1. The molecule has 0 unspecified atom stereocenters. The van der Waals surface area contributed by atoms with E-state index >= 15 is 0 Å². The Bertz CT molecular complexity index is 982. The number of hydrogen-bond acceptors (Lipinski definition) is 6. The van der Waals surface area contributed by atoms with Crippen molar-refractivity contribution in [3.05, 3.63) is 75.5 Å². The minimum Gasteiger partial charge on any atom is -0.503 e. The van der Waals surface area contributed by atoms with Gasteiger partial charge in [0.15, 0.2) is 11.5 Å². The third kappa shape index (κ3) is 3.12. The number of ether oxygens (including phenoxy) is 1. The van der Waals surface area contributed by atoms with Crippen LogP contribution in [0.25, 0.3) is 0 Å². The summed E-state index contributed by atoms with van der Waals surface area (Å²) in [5, 5.41) is 21.4. The lowest BCUT2D eigenvalue weighted by Gasteiger charge is -2.26. The normalized spacial score (nSPS) is 16.6. The van der Waals surface area contributed by atoms with Gasteiger partial charge in [-0.2, -0.15) is 0 Å². The highest BCUT2D eigenvalue weighted by atomic mass is 16.6. The Balaban J connectivity index is 2.20. The van der Waals surface area contributed by atoms with Crippen LogP contribution in [0.15, 0.2) is 59.9 Å².